The summed E-state index contributed by atoms with van der Waals surface area (Å²) in [6.45, 7) is 6.67. The lowest BCUT2D eigenvalue weighted by Gasteiger charge is -2.34. The summed E-state index contributed by atoms with van der Waals surface area (Å²) in [5.41, 5.74) is -2.50. The van der Waals surface area contributed by atoms with E-state index in [1.54, 1.807) is 0 Å². The zero-order chi connectivity index (χ0) is 21.7. The Balaban J connectivity index is 2.23. The van der Waals surface area contributed by atoms with Crippen LogP contribution in [0.15, 0.2) is 15.8 Å². The van der Waals surface area contributed by atoms with Crippen molar-refractivity contribution in [2.24, 2.45) is 0 Å². The number of nitrogens with one attached hydrogen (secondary N) is 1. The second kappa shape index (κ2) is 7.49. The molecule has 1 aliphatic heterocycles. The number of aromatic amines is 1. The molecule has 1 aromatic heterocycles. The monoisotopic (exact) mass is 422 g/mol. The Morgan fingerprint density at radius 2 is 1.82 bits per heavy atom. The molecular weight excluding hydrogens is 395 g/mol. The first kappa shape index (κ1) is 23.0. The van der Waals surface area contributed by atoms with Crippen LogP contribution in [0, 0.1) is 6.92 Å². The topological polar surface area (TPSA) is 171 Å². The van der Waals surface area contributed by atoms with Crippen molar-refractivity contribution < 1.29 is 34.0 Å². The van der Waals surface area contributed by atoms with E-state index < -0.39 is 54.3 Å². The highest BCUT2D eigenvalue weighted by molar-refractivity contribution is 7.54. The van der Waals surface area contributed by atoms with Crippen molar-refractivity contribution in [2.75, 3.05) is 0 Å². The van der Waals surface area contributed by atoms with Gasteiger partial charge in [0.15, 0.2) is 11.6 Å². The second-order valence-corrected chi connectivity index (χ2v) is 10.4. The molecule has 2 unspecified atom stereocenters. The molecule has 2 heterocycles. The Bertz CT molecular complexity index is 885. The molecule has 1 aromatic rings. The number of aliphatic hydroxyl groups is 3. The smallest absolute Gasteiger partial charge is 0.359 e. The average molecular weight is 422 g/mol. The van der Waals surface area contributed by atoms with Gasteiger partial charge < -0.3 is 29.5 Å². The third kappa shape index (κ3) is 4.62. The van der Waals surface area contributed by atoms with Gasteiger partial charge in [-0.25, -0.2) is 4.79 Å². The lowest BCUT2D eigenvalue weighted by Crippen LogP contribution is -2.39. The minimum absolute atomic E-state index is 0.126. The molecule has 1 saturated heterocycles. The fourth-order valence-electron chi connectivity index (χ4n) is 2.87. The van der Waals surface area contributed by atoms with Crippen LogP contribution in [0.5, 0.6) is 0 Å². The molecule has 28 heavy (non-hydrogen) atoms. The van der Waals surface area contributed by atoms with Gasteiger partial charge in [-0.1, -0.05) is 0 Å². The fraction of sp³-hybridized carbons (Fsp3) is 0.750. The predicted octanol–water partition coefficient (Wildman–Crippen LogP) is -0.437. The molecule has 0 aliphatic carbocycles. The standard InChI is InChI=1S/C16H27N2O9P/c1-8-7-18(14(22)17-12(8)21)13-11(20)10(19)9(26-13)6-15(2,3)27-28(24,25)16(4,5)23/h7,9-11,13,19-20,23H,6H2,1-5H3,(H,24,25)(H,17,21,22)/t9-,10-,11-,13?/m1/s1. The van der Waals surface area contributed by atoms with Gasteiger partial charge in [0, 0.05) is 18.2 Å². The van der Waals surface area contributed by atoms with Gasteiger partial charge in [-0.2, -0.15) is 0 Å². The van der Waals surface area contributed by atoms with Crippen LogP contribution in [-0.2, 0) is 13.8 Å². The van der Waals surface area contributed by atoms with E-state index in [2.05, 4.69) is 4.98 Å². The van der Waals surface area contributed by atoms with E-state index in [0.29, 0.717) is 0 Å². The second-order valence-electron chi connectivity index (χ2n) is 8.09. The van der Waals surface area contributed by atoms with Crippen LogP contribution in [0.3, 0.4) is 0 Å². The van der Waals surface area contributed by atoms with Crippen LogP contribution in [0.4, 0.5) is 0 Å². The maximum absolute atomic E-state index is 12.2. The number of hydrogen-bond acceptors (Lipinski definition) is 8. The first-order valence-electron chi connectivity index (χ1n) is 8.65. The van der Waals surface area contributed by atoms with E-state index in [1.807, 2.05) is 0 Å². The molecule has 160 valence electrons. The molecule has 5 atom stereocenters. The van der Waals surface area contributed by atoms with Gasteiger partial charge in [0.1, 0.15) is 12.2 Å². The summed E-state index contributed by atoms with van der Waals surface area (Å²) >= 11 is 0. The zero-order valence-corrected chi connectivity index (χ0v) is 17.2. The van der Waals surface area contributed by atoms with Crippen molar-refractivity contribution in [2.45, 2.75) is 76.5 Å². The van der Waals surface area contributed by atoms with Gasteiger partial charge >= 0.3 is 13.3 Å². The first-order valence-corrected chi connectivity index (χ1v) is 10.2. The summed E-state index contributed by atoms with van der Waals surface area (Å²) in [4.78, 5) is 35.6. The van der Waals surface area contributed by atoms with Gasteiger partial charge in [-0.15, -0.1) is 0 Å². The summed E-state index contributed by atoms with van der Waals surface area (Å²) in [7, 11) is -4.42. The van der Waals surface area contributed by atoms with E-state index in [1.165, 1.54) is 27.0 Å². The summed E-state index contributed by atoms with van der Waals surface area (Å²) in [5, 5.41) is 28.4. The van der Waals surface area contributed by atoms with Gasteiger partial charge in [0.05, 0.1) is 11.7 Å². The van der Waals surface area contributed by atoms with Gasteiger partial charge in [0.2, 0.25) is 0 Å². The number of aliphatic hydroxyl groups excluding tert-OH is 2. The van der Waals surface area contributed by atoms with Crippen molar-refractivity contribution >= 4 is 7.60 Å². The normalized spacial score (nSPS) is 28.3. The molecule has 1 fully saturated rings. The molecule has 0 radical (unpaired) electrons. The third-order valence-corrected chi connectivity index (χ3v) is 6.64. The van der Waals surface area contributed by atoms with Gasteiger partial charge in [-0.3, -0.25) is 18.9 Å². The molecule has 1 aliphatic rings. The fourth-order valence-corrected chi connectivity index (χ4v) is 3.84. The number of aryl methyl sites for hydroxylation is 1. The van der Waals surface area contributed by atoms with E-state index in [0.717, 1.165) is 18.4 Å². The highest BCUT2D eigenvalue weighted by atomic mass is 31.2. The summed E-state index contributed by atoms with van der Waals surface area (Å²) < 4.78 is 24.0. The molecule has 0 bridgehead atoms. The number of nitrogens with zero attached hydrogens (tertiary/aromatic N) is 1. The SMILES string of the molecule is Cc1cn(C2O[C@H](CC(C)(C)OP(=O)(O)C(C)(C)O)[C@@H](O)[C@H]2O)c(=O)[nH]c1=O. The maximum atomic E-state index is 12.2. The van der Waals surface area contributed by atoms with E-state index in [-0.39, 0.29) is 12.0 Å². The largest absolute Gasteiger partial charge is 0.388 e. The number of ether oxygens (including phenoxy) is 1. The van der Waals surface area contributed by atoms with Crippen molar-refractivity contribution in [3.05, 3.63) is 32.6 Å². The number of aromatic nitrogens is 2. The van der Waals surface area contributed by atoms with Crippen molar-refractivity contribution in [1.29, 1.82) is 0 Å². The lowest BCUT2D eigenvalue weighted by atomic mass is 9.97. The zero-order valence-electron chi connectivity index (χ0n) is 16.3. The Morgan fingerprint density at radius 1 is 1.25 bits per heavy atom. The molecule has 0 saturated carbocycles. The summed E-state index contributed by atoms with van der Waals surface area (Å²) in [5.74, 6) is 0. The summed E-state index contributed by atoms with van der Waals surface area (Å²) in [6, 6.07) is 0. The van der Waals surface area contributed by atoms with Crippen LogP contribution in [0.1, 0.15) is 45.9 Å². The number of hydrogen-bond donors (Lipinski definition) is 5. The molecule has 0 spiro atoms. The maximum Gasteiger partial charge on any atom is 0.359 e. The summed E-state index contributed by atoms with van der Waals surface area (Å²) in [6.07, 6.45) is -4.14. The Morgan fingerprint density at radius 3 is 2.36 bits per heavy atom. The molecular formula is C16H27N2O9P. The molecule has 12 heteroatoms. The minimum atomic E-state index is -4.42. The third-order valence-electron chi connectivity index (χ3n) is 4.51. The van der Waals surface area contributed by atoms with Gasteiger partial charge in [0.25, 0.3) is 5.56 Å². The van der Waals surface area contributed by atoms with Crippen molar-refractivity contribution in [1.82, 2.24) is 9.55 Å². The Kier molecular flexibility index (Phi) is 6.14. The molecule has 11 nitrogen and oxygen atoms in total. The first-order chi connectivity index (χ1) is 12.6. The minimum Gasteiger partial charge on any atom is -0.388 e. The van der Waals surface area contributed by atoms with Crippen LogP contribution in [-0.4, -0.2) is 59.0 Å². The molecule has 2 rings (SSSR count). The molecule has 0 amide bonds. The van der Waals surface area contributed by atoms with Gasteiger partial charge in [-0.05, 0) is 34.6 Å². The highest BCUT2D eigenvalue weighted by Crippen LogP contribution is 2.57. The number of rotatable bonds is 6. The lowest BCUT2D eigenvalue weighted by molar-refractivity contribution is -0.0660. The van der Waals surface area contributed by atoms with Crippen LogP contribution in [0.2, 0.25) is 0 Å². The van der Waals surface area contributed by atoms with Crippen LogP contribution in [0.25, 0.3) is 0 Å². The van der Waals surface area contributed by atoms with E-state index >= 15 is 0 Å². The van der Waals surface area contributed by atoms with E-state index in [9.17, 15) is 34.4 Å². The Hall–Kier alpha value is -1.33. The Labute approximate surface area is 161 Å². The quantitative estimate of drug-likeness (QED) is 0.381. The predicted molar refractivity (Wildman–Crippen MR) is 97.9 cm³/mol. The average Bonchev–Trinajstić information content (AvgIpc) is 2.76. The molecule has 0 aromatic carbocycles. The van der Waals surface area contributed by atoms with E-state index in [4.69, 9.17) is 9.26 Å². The number of H-pyrrole nitrogens is 1. The van der Waals surface area contributed by atoms with Crippen molar-refractivity contribution in [3.63, 3.8) is 0 Å². The highest BCUT2D eigenvalue weighted by Gasteiger charge is 2.49. The van der Waals surface area contributed by atoms with Crippen LogP contribution >= 0.6 is 7.60 Å². The van der Waals surface area contributed by atoms with Crippen molar-refractivity contribution in [3.8, 4) is 0 Å². The van der Waals surface area contributed by atoms with Crippen LogP contribution < -0.4 is 11.2 Å². The molecule has 5 N–H and O–H groups in total.